The predicted octanol–water partition coefficient (Wildman–Crippen LogP) is 1.34. The Balaban J connectivity index is 1.47. The van der Waals surface area contributed by atoms with Gasteiger partial charge in [0.1, 0.15) is 6.10 Å². The second-order valence-electron chi connectivity index (χ2n) is 6.29. The summed E-state index contributed by atoms with van der Waals surface area (Å²) in [5, 5.41) is 15.1. The highest BCUT2D eigenvalue weighted by atomic mass is 16.3. The zero-order valence-electron chi connectivity index (χ0n) is 14.2. The summed E-state index contributed by atoms with van der Waals surface area (Å²) < 4.78 is 1.87. The lowest BCUT2D eigenvalue weighted by Gasteiger charge is -2.27. The minimum Gasteiger partial charge on any atom is -0.382 e. The molecule has 7 heteroatoms. The van der Waals surface area contributed by atoms with Gasteiger partial charge in [-0.3, -0.25) is 19.4 Å². The summed E-state index contributed by atoms with van der Waals surface area (Å²) in [6.45, 7) is 1.69. The number of amides is 1. The maximum Gasteiger partial charge on any atom is 0.229 e. The molecule has 26 heavy (non-hydrogen) atoms. The van der Waals surface area contributed by atoms with Crippen molar-refractivity contribution in [1.29, 1.82) is 0 Å². The van der Waals surface area contributed by atoms with Gasteiger partial charge in [-0.1, -0.05) is 30.3 Å². The number of aliphatic hydroxyl groups excluding tert-OH is 1. The molecule has 1 atom stereocenters. The molecule has 7 nitrogen and oxygen atoms in total. The monoisotopic (exact) mass is 349 g/mol. The molecule has 1 aliphatic heterocycles. The van der Waals surface area contributed by atoms with Gasteiger partial charge in [0.15, 0.2) is 0 Å². The first-order valence-electron chi connectivity index (χ1n) is 8.53. The Hall–Kier alpha value is -3.06. The SMILES string of the molecule is O=C(Cc1cnccn1)N1CCn2nc(C(O)c3ccccc3)cc2C1. The van der Waals surface area contributed by atoms with Crippen molar-refractivity contribution in [3.05, 3.63) is 77.6 Å². The molecule has 0 fully saturated rings. The van der Waals surface area contributed by atoms with Gasteiger partial charge in [0.2, 0.25) is 5.91 Å². The molecule has 0 radical (unpaired) electrons. The standard InChI is InChI=1S/C19H19N5O2/c25-18(10-15-12-20-6-7-21-15)23-8-9-24-16(13-23)11-17(22-24)19(26)14-4-2-1-3-5-14/h1-7,11-12,19,26H,8-10,13H2. The smallest absolute Gasteiger partial charge is 0.229 e. The number of rotatable bonds is 4. The molecular formula is C19H19N5O2. The Labute approximate surface area is 150 Å². The Kier molecular flexibility index (Phi) is 4.45. The topological polar surface area (TPSA) is 84.1 Å². The van der Waals surface area contributed by atoms with E-state index in [2.05, 4.69) is 15.1 Å². The zero-order valence-corrected chi connectivity index (χ0v) is 14.2. The highest BCUT2D eigenvalue weighted by Gasteiger charge is 2.24. The van der Waals surface area contributed by atoms with Crippen LogP contribution in [0.25, 0.3) is 0 Å². The molecular weight excluding hydrogens is 330 g/mol. The van der Waals surface area contributed by atoms with Crippen LogP contribution in [-0.2, 0) is 24.3 Å². The number of carbonyl (C=O) groups excluding carboxylic acids is 1. The van der Waals surface area contributed by atoms with E-state index in [9.17, 15) is 9.90 Å². The van der Waals surface area contributed by atoms with Crippen LogP contribution in [0.4, 0.5) is 0 Å². The molecule has 1 aliphatic rings. The summed E-state index contributed by atoms with van der Waals surface area (Å²) in [5.74, 6) is 0.0168. The van der Waals surface area contributed by atoms with E-state index in [0.29, 0.717) is 31.0 Å². The Morgan fingerprint density at radius 3 is 2.81 bits per heavy atom. The largest absolute Gasteiger partial charge is 0.382 e. The van der Waals surface area contributed by atoms with Crippen LogP contribution in [0.5, 0.6) is 0 Å². The van der Waals surface area contributed by atoms with Crippen molar-refractivity contribution < 1.29 is 9.90 Å². The number of aromatic nitrogens is 4. The Morgan fingerprint density at radius 1 is 1.19 bits per heavy atom. The van der Waals surface area contributed by atoms with Gasteiger partial charge in [-0.15, -0.1) is 0 Å². The molecule has 3 aromatic rings. The van der Waals surface area contributed by atoms with Crippen LogP contribution in [-0.4, -0.2) is 42.2 Å². The molecule has 3 heterocycles. The second kappa shape index (κ2) is 7.05. The minimum atomic E-state index is -0.766. The van der Waals surface area contributed by atoms with E-state index in [-0.39, 0.29) is 12.3 Å². The van der Waals surface area contributed by atoms with E-state index in [0.717, 1.165) is 11.3 Å². The highest BCUT2D eigenvalue weighted by Crippen LogP contribution is 2.23. The molecule has 0 spiro atoms. The maximum absolute atomic E-state index is 12.5. The van der Waals surface area contributed by atoms with Crippen LogP contribution < -0.4 is 0 Å². The Bertz CT molecular complexity index is 895. The fraction of sp³-hybridized carbons (Fsp3) is 0.263. The molecule has 0 aliphatic carbocycles. The van der Waals surface area contributed by atoms with Crippen molar-refractivity contribution >= 4 is 5.91 Å². The summed E-state index contributed by atoms with van der Waals surface area (Å²) in [7, 11) is 0. The summed E-state index contributed by atoms with van der Waals surface area (Å²) in [5.41, 5.74) is 3.00. The van der Waals surface area contributed by atoms with Crippen LogP contribution in [0.3, 0.4) is 0 Å². The van der Waals surface area contributed by atoms with Crippen molar-refractivity contribution in [3.63, 3.8) is 0 Å². The van der Waals surface area contributed by atoms with Gasteiger partial charge in [0.25, 0.3) is 0 Å². The average molecular weight is 349 g/mol. The average Bonchev–Trinajstić information content (AvgIpc) is 3.12. The number of aliphatic hydroxyl groups is 1. The molecule has 1 amide bonds. The van der Waals surface area contributed by atoms with E-state index >= 15 is 0 Å². The maximum atomic E-state index is 12.5. The molecule has 0 saturated carbocycles. The lowest BCUT2D eigenvalue weighted by atomic mass is 10.1. The number of benzene rings is 1. The third-order valence-corrected chi connectivity index (χ3v) is 4.51. The minimum absolute atomic E-state index is 0.0168. The summed E-state index contributed by atoms with van der Waals surface area (Å²) in [6.07, 6.45) is 4.26. The first-order valence-corrected chi connectivity index (χ1v) is 8.53. The third kappa shape index (κ3) is 3.34. The van der Waals surface area contributed by atoms with Crippen molar-refractivity contribution in [2.75, 3.05) is 6.54 Å². The highest BCUT2D eigenvalue weighted by molar-refractivity contribution is 5.78. The van der Waals surface area contributed by atoms with Crippen molar-refractivity contribution in [1.82, 2.24) is 24.6 Å². The predicted molar refractivity (Wildman–Crippen MR) is 93.9 cm³/mol. The van der Waals surface area contributed by atoms with E-state index in [4.69, 9.17) is 0 Å². The molecule has 0 bridgehead atoms. The van der Waals surface area contributed by atoms with Crippen LogP contribution >= 0.6 is 0 Å². The van der Waals surface area contributed by atoms with Crippen LogP contribution in [0, 0.1) is 0 Å². The van der Waals surface area contributed by atoms with E-state index in [1.807, 2.05) is 41.1 Å². The number of carbonyl (C=O) groups is 1. The number of nitrogens with zero attached hydrogens (tertiary/aromatic N) is 5. The van der Waals surface area contributed by atoms with Crippen molar-refractivity contribution in [2.24, 2.45) is 0 Å². The van der Waals surface area contributed by atoms with Gasteiger partial charge in [-0.05, 0) is 11.6 Å². The van der Waals surface area contributed by atoms with Gasteiger partial charge in [0.05, 0.1) is 36.6 Å². The summed E-state index contributed by atoms with van der Waals surface area (Å²) in [6, 6.07) is 11.3. The number of hydrogen-bond donors (Lipinski definition) is 1. The van der Waals surface area contributed by atoms with E-state index in [1.165, 1.54) is 0 Å². The van der Waals surface area contributed by atoms with Gasteiger partial charge in [-0.2, -0.15) is 5.10 Å². The van der Waals surface area contributed by atoms with Gasteiger partial charge in [0, 0.05) is 25.1 Å². The summed E-state index contributed by atoms with van der Waals surface area (Å²) >= 11 is 0. The van der Waals surface area contributed by atoms with Crippen LogP contribution in [0.2, 0.25) is 0 Å². The molecule has 2 aromatic heterocycles. The third-order valence-electron chi connectivity index (χ3n) is 4.51. The molecule has 1 unspecified atom stereocenters. The van der Waals surface area contributed by atoms with Crippen molar-refractivity contribution in [3.8, 4) is 0 Å². The lowest BCUT2D eigenvalue weighted by molar-refractivity contribution is -0.132. The number of hydrogen-bond acceptors (Lipinski definition) is 5. The first kappa shape index (κ1) is 16.4. The van der Waals surface area contributed by atoms with Crippen LogP contribution in [0.1, 0.15) is 28.7 Å². The van der Waals surface area contributed by atoms with Gasteiger partial charge < -0.3 is 10.0 Å². The molecule has 1 aromatic carbocycles. The lowest BCUT2D eigenvalue weighted by Crippen LogP contribution is -2.39. The van der Waals surface area contributed by atoms with Gasteiger partial charge in [-0.25, -0.2) is 0 Å². The normalized spacial score (nSPS) is 14.7. The van der Waals surface area contributed by atoms with E-state index in [1.54, 1.807) is 23.5 Å². The Morgan fingerprint density at radius 2 is 2.04 bits per heavy atom. The first-order chi connectivity index (χ1) is 12.7. The fourth-order valence-corrected chi connectivity index (χ4v) is 3.13. The molecule has 1 N–H and O–H groups in total. The molecule has 0 saturated heterocycles. The van der Waals surface area contributed by atoms with Gasteiger partial charge >= 0.3 is 0 Å². The summed E-state index contributed by atoms with van der Waals surface area (Å²) in [4.78, 5) is 22.5. The molecule has 132 valence electrons. The molecule has 4 rings (SSSR count). The second-order valence-corrected chi connectivity index (χ2v) is 6.29. The fourth-order valence-electron chi connectivity index (χ4n) is 3.13. The quantitative estimate of drug-likeness (QED) is 0.768. The van der Waals surface area contributed by atoms with Crippen LogP contribution in [0.15, 0.2) is 55.0 Å². The van der Waals surface area contributed by atoms with Crippen molar-refractivity contribution in [2.45, 2.75) is 25.6 Å². The zero-order chi connectivity index (χ0) is 17.9. The number of fused-ring (bicyclic) bond motifs is 1. The van der Waals surface area contributed by atoms with E-state index < -0.39 is 6.10 Å².